The second kappa shape index (κ2) is 4.99. The first kappa shape index (κ1) is 12.1. The van der Waals surface area contributed by atoms with E-state index in [0.717, 1.165) is 29.7 Å². The zero-order valence-electron chi connectivity index (χ0n) is 10.7. The Bertz CT molecular complexity index is 600. The van der Waals surface area contributed by atoms with E-state index in [9.17, 15) is 4.79 Å². The minimum absolute atomic E-state index is 0.137. The van der Waals surface area contributed by atoms with Gasteiger partial charge in [-0.2, -0.15) is 5.10 Å². The monoisotopic (exact) mass is 259 g/mol. The van der Waals surface area contributed by atoms with Crippen LogP contribution in [0.5, 0.6) is 0 Å². The first-order chi connectivity index (χ1) is 9.25. The van der Waals surface area contributed by atoms with Crippen molar-refractivity contribution < 1.29 is 9.90 Å². The van der Waals surface area contributed by atoms with Crippen LogP contribution in [0.3, 0.4) is 0 Å². The Morgan fingerprint density at radius 1 is 1.42 bits per heavy atom. The molecule has 3 rings (SSSR count). The summed E-state index contributed by atoms with van der Waals surface area (Å²) in [6.07, 6.45) is 9.06. The molecule has 0 amide bonds. The van der Waals surface area contributed by atoms with Crippen LogP contribution in [-0.4, -0.2) is 25.7 Å². The summed E-state index contributed by atoms with van der Waals surface area (Å²) in [5.74, 6) is -0.293. The number of hydrogen-bond donors (Lipinski definition) is 1. The van der Waals surface area contributed by atoms with Crippen LogP contribution in [0.4, 0.5) is 0 Å². The van der Waals surface area contributed by atoms with Gasteiger partial charge in [0.2, 0.25) is 0 Å². The second-order valence-corrected chi connectivity index (χ2v) is 5.13. The highest BCUT2D eigenvalue weighted by molar-refractivity contribution is 5.68. The number of aliphatic carboxylic acids is 1. The third-order valence-corrected chi connectivity index (χ3v) is 3.85. The van der Waals surface area contributed by atoms with Crippen molar-refractivity contribution in [3.05, 3.63) is 29.7 Å². The molecule has 100 valence electrons. The lowest BCUT2D eigenvalue weighted by atomic mass is 9.98. The number of rotatable bonds is 4. The van der Waals surface area contributed by atoms with Gasteiger partial charge in [0.25, 0.3) is 0 Å². The standard InChI is InChI=1S/C14H17N3O2/c18-12(19)7-6-11-13(10-4-1-2-5-10)16-17-9-3-8-15-14(11)17/h3,8-10H,1-2,4-7H2,(H,18,19). The molecule has 2 aromatic rings. The summed E-state index contributed by atoms with van der Waals surface area (Å²) in [6.45, 7) is 0. The molecule has 0 aromatic carbocycles. The Morgan fingerprint density at radius 3 is 2.95 bits per heavy atom. The molecular weight excluding hydrogens is 242 g/mol. The van der Waals surface area contributed by atoms with Gasteiger partial charge in [0, 0.05) is 30.3 Å². The maximum absolute atomic E-state index is 10.8. The molecule has 1 N–H and O–H groups in total. The van der Waals surface area contributed by atoms with Crippen LogP contribution in [0.15, 0.2) is 18.5 Å². The highest BCUT2D eigenvalue weighted by atomic mass is 16.4. The van der Waals surface area contributed by atoms with Crippen molar-refractivity contribution in [1.82, 2.24) is 14.6 Å². The molecule has 1 fully saturated rings. The van der Waals surface area contributed by atoms with Crippen molar-refractivity contribution in [2.75, 3.05) is 0 Å². The molecule has 0 radical (unpaired) electrons. The summed E-state index contributed by atoms with van der Waals surface area (Å²) in [4.78, 5) is 15.2. The van der Waals surface area contributed by atoms with Gasteiger partial charge in [-0.25, -0.2) is 9.50 Å². The first-order valence-electron chi connectivity index (χ1n) is 6.79. The third-order valence-electron chi connectivity index (χ3n) is 3.85. The molecule has 0 bridgehead atoms. The summed E-state index contributed by atoms with van der Waals surface area (Å²) in [5.41, 5.74) is 2.90. The van der Waals surface area contributed by atoms with Crippen LogP contribution in [0.25, 0.3) is 5.65 Å². The quantitative estimate of drug-likeness (QED) is 0.915. The molecular formula is C14H17N3O2. The molecule has 0 spiro atoms. The molecule has 2 aromatic heterocycles. The molecule has 1 aliphatic carbocycles. The van der Waals surface area contributed by atoms with Gasteiger partial charge < -0.3 is 5.11 Å². The normalized spacial score (nSPS) is 16.2. The maximum Gasteiger partial charge on any atom is 0.303 e. The van der Waals surface area contributed by atoms with Gasteiger partial charge in [-0.05, 0) is 25.3 Å². The van der Waals surface area contributed by atoms with E-state index in [1.165, 1.54) is 12.8 Å². The van der Waals surface area contributed by atoms with Crippen molar-refractivity contribution in [2.45, 2.75) is 44.4 Å². The van der Waals surface area contributed by atoms with Gasteiger partial charge in [0.1, 0.15) is 0 Å². The molecule has 1 aliphatic rings. The zero-order chi connectivity index (χ0) is 13.2. The average molecular weight is 259 g/mol. The van der Waals surface area contributed by atoms with Gasteiger partial charge in [-0.3, -0.25) is 4.79 Å². The van der Waals surface area contributed by atoms with E-state index < -0.39 is 5.97 Å². The highest BCUT2D eigenvalue weighted by Crippen LogP contribution is 2.36. The van der Waals surface area contributed by atoms with E-state index in [1.54, 1.807) is 10.7 Å². The van der Waals surface area contributed by atoms with Gasteiger partial charge >= 0.3 is 5.97 Å². The lowest BCUT2D eigenvalue weighted by molar-refractivity contribution is -0.136. The summed E-state index contributed by atoms with van der Waals surface area (Å²) in [6, 6.07) is 1.85. The molecule has 2 heterocycles. The zero-order valence-corrected chi connectivity index (χ0v) is 10.7. The predicted octanol–water partition coefficient (Wildman–Crippen LogP) is 2.40. The molecule has 0 aliphatic heterocycles. The van der Waals surface area contributed by atoms with E-state index in [0.29, 0.717) is 12.3 Å². The van der Waals surface area contributed by atoms with Gasteiger partial charge in [-0.1, -0.05) is 12.8 Å². The fourth-order valence-electron chi connectivity index (χ4n) is 2.95. The molecule has 0 saturated heterocycles. The third kappa shape index (κ3) is 2.32. The second-order valence-electron chi connectivity index (χ2n) is 5.13. The summed E-state index contributed by atoms with van der Waals surface area (Å²) in [5, 5.41) is 13.5. The van der Waals surface area contributed by atoms with E-state index >= 15 is 0 Å². The lowest BCUT2D eigenvalue weighted by Crippen LogP contribution is -2.02. The van der Waals surface area contributed by atoms with Crippen LogP contribution in [-0.2, 0) is 11.2 Å². The Kier molecular flexibility index (Phi) is 3.19. The summed E-state index contributed by atoms with van der Waals surface area (Å²) in [7, 11) is 0. The SMILES string of the molecule is O=C(O)CCc1c(C2CCCC2)nn2cccnc12. The number of fused-ring (bicyclic) bond motifs is 1. The summed E-state index contributed by atoms with van der Waals surface area (Å²) >= 11 is 0. The fourth-order valence-corrected chi connectivity index (χ4v) is 2.95. The van der Waals surface area contributed by atoms with Crippen LogP contribution >= 0.6 is 0 Å². The Morgan fingerprint density at radius 2 is 2.21 bits per heavy atom. The molecule has 5 nitrogen and oxygen atoms in total. The van der Waals surface area contributed by atoms with Crippen LogP contribution < -0.4 is 0 Å². The van der Waals surface area contributed by atoms with Gasteiger partial charge in [-0.15, -0.1) is 0 Å². The average Bonchev–Trinajstić information content (AvgIpc) is 3.03. The molecule has 1 saturated carbocycles. The van der Waals surface area contributed by atoms with E-state index in [-0.39, 0.29) is 6.42 Å². The van der Waals surface area contributed by atoms with Gasteiger partial charge in [0.15, 0.2) is 5.65 Å². The minimum Gasteiger partial charge on any atom is -0.481 e. The number of hydrogen-bond acceptors (Lipinski definition) is 3. The Labute approximate surface area is 111 Å². The van der Waals surface area contributed by atoms with Crippen molar-refractivity contribution in [2.24, 2.45) is 0 Å². The molecule has 0 atom stereocenters. The van der Waals surface area contributed by atoms with Crippen molar-refractivity contribution in [1.29, 1.82) is 0 Å². The van der Waals surface area contributed by atoms with E-state index in [2.05, 4.69) is 10.1 Å². The van der Waals surface area contributed by atoms with Crippen molar-refractivity contribution >= 4 is 11.6 Å². The molecule has 0 unspecified atom stereocenters. The van der Waals surface area contributed by atoms with Crippen LogP contribution in [0.2, 0.25) is 0 Å². The number of nitrogens with zero attached hydrogens (tertiary/aromatic N) is 3. The predicted molar refractivity (Wildman–Crippen MR) is 70.2 cm³/mol. The maximum atomic E-state index is 10.8. The fraction of sp³-hybridized carbons (Fsp3) is 0.500. The van der Waals surface area contributed by atoms with Crippen molar-refractivity contribution in [3.8, 4) is 0 Å². The van der Waals surface area contributed by atoms with E-state index in [1.807, 2.05) is 12.3 Å². The Hall–Kier alpha value is -1.91. The number of aryl methyl sites for hydroxylation is 1. The number of carbonyl (C=O) groups is 1. The lowest BCUT2D eigenvalue weighted by Gasteiger charge is -2.07. The van der Waals surface area contributed by atoms with Crippen LogP contribution in [0.1, 0.15) is 49.3 Å². The van der Waals surface area contributed by atoms with Crippen molar-refractivity contribution in [3.63, 3.8) is 0 Å². The Balaban J connectivity index is 2.02. The smallest absolute Gasteiger partial charge is 0.303 e. The minimum atomic E-state index is -0.771. The number of aromatic nitrogens is 3. The topological polar surface area (TPSA) is 67.5 Å². The largest absolute Gasteiger partial charge is 0.481 e. The molecule has 19 heavy (non-hydrogen) atoms. The van der Waals surface area contributed by atoms with Gasteiger partial charge in [0.05, 0.1) is 5.69 Å². The highest BCUT2D eigenvalue weighted by Gasteiger charge is 2.25. The number of carboxylic acid groups (broad SMARTS) is 1. The first-order valence-corrected chi connectivity index (χ1v) is 6.79. The molecule has 5 heteroatoms. The van der Waals surface area contributed by atoms with E-state index in [4.69, 9.17) is 5.11 Å². The number of carboxylic acids is 1. The summed E-state index contributed by atoms with van der Waals surface area (Å²) < 4.78 is 1.78. The van der Waals surface area contributed by atoms with Crippen LogP contribution in [0, 0.1) is 0 Å².